The standard InChI is InChI=1S/C26H23ClF3N3O3/c1-16(18-4-3-5-19(27)15-18)33-23-12-6-17(7-13-24(34)35-2)14-22(23)32-25(33)31-20-8-10-21(11-9-20)36-26(28,29)30/h3-6,8-12,14-16H,7,13H2,1-2H3,(H,31,32). The zero-order valence-corrected chi connectivity index (χ0v) is 20.2. The second-order valence-corrected chi connectivity index (χ2v) is 8.57. The van der Waals surface area contributed by atoms with Crippen molar-refractivity contribution in [1.82, 2.24) is 9.55 Å². The van der Waals surface area contributed by atoms with Gasteiger partial charge in [-0.25, -0.2) is 4.98 Å². The molecule has 4 rings (SSSR count). The summed E-state index contributed by atoms with van der Waals surface area (Å²) in [4.78, 5) is 16.3. The third-order valence-corrected chi connectivity index (χ3v) is 5.90. The van der Waals surface area contributed by atoms with Crippen LogP contribution in [0.25, 0.3) is 11.0 Å². The first kappa shape index (κ1) is 25.4. The molecule has 1 unspecified atom stereocenters. The minimum atomic E-state index is -4.76. The highest BCUT2D eigenvalue weighted by molar-refractivity contribution is 6.30. The maximum atomic E-state index is 12.5. The number of carbonyl (C=O) groups excluding carboxylic acids is 1. The number of anilines is 2. The highest BCUT2D eigenvalue weighted by Crippen LogP contribution is 2.32. The average molecular weight is 518 g/mol. The molecular weight excluding hydrogens is 495 g/mol. The van der Waals surface area contributed by atoms with Gasteiger partial charge in [0, 0.05) is 17.1 Å². The number of aryl methyl sites for hydroxylation is 1. The smallest absolute Gasteiger partial charge is 0.469 e. The maximum Gasteiger partial charge on any atom is 0.573 e. The number of imidazole rings is 1. The van der Waals surface area contributed by atoms with Crippen molar-refractivity contribution in [3.63, 3.8) is 0 Å². The molecule has 4 aromatic rings. The number of rotatable bonds is 8. The van der Waals surface area contributed by atoms with Gasteiger partial charge >= 0.3 is 12.3 Å². The van der Waals surface area contributed by atoms with E-state index in [4.69, 9.17) is 21.3 Å². The molecular formula is C26H23ClF3N3O3. The molecule has 0 saturated carbocycles. The van der Waals surface area contributed by atoms with Crippen LogP contribution in [0.15, 0.2) is 66.7 Å². The molecule has 0 bridgehead atoms. The van der Waals surface area contributed by atoms with E-state index in [1.54, 1.807) is 6.07 Å². The summed E-state index contributed by atoms with van der Waals surface area (Å²) >= 11 is 6.22. The Kier molecular flexibility index (Phi) is 7.40. The van der Waals surface area contributed by atoms with Gasteiger partial charge in [0.15, 0.2) is 0 Å². The third kappa shape index (κ3) is 6.09. The first-order valence-corrected chi connectivity index (χ1v) is 11.5. The van der Waals surface area contributed by atoms with Crippen molar-refractivity contribution in [3.05, 3.63) is 82.9 Å². The van der Waals surface area contributed by atoms with Crippen molar-refractivity contribution < 1.29 is 27.4 Å². The summed E-state index contributed by atoms with van der Waals surface area (Å²) in [6, 6.07) is 18.5. The lowest BCUT2D eigenvalue weighted by Gasteiger charge is -2.19. The molecule has 0 spiro atoms. The van der Waals surface area contributed by atoms with Crippen molar-refractivity contribution in [2.75, 3.05) is 12.4 Å². The molecule has 3 aromatic carbocycles. The van der Waals surface area contributed by atoms with Gasteiger partial charge in [-0.05, 0) is 73.0 Å². The molecule has 0 saturated heterocycles. The second kappa shape index (κ2) is 10.5. The largest absolute Gasteiger partial charge is 0.573 e. The van der Waals surface area contributed by atoms with Gasteiger partial charge in [0.1, 0.15) is 5.75 Å². The third-order valence-electron chi connectivity index (χ3n) is 5.66. The Hall–Kier alpha value is -3.72. The van der Waals surface area contributed by atoms with Crippen LogP contribution in [0.4, 0.5) is 24.8 Å². The number of hydrogen-bond donors (Lipinski definition) is 1. The minimum Gasteiger partial charge on any atom is -0.469 e. The monoisotopic (exact) mass is 517 g/mol. The summed E-state index contributed by atoms with van der Waals surface area (Å²) in [5.74, 6) is -0.119. The van der Waals surface area contributed by atoms with E-state index in [1.165, 1.54) is 31.4 Å². The topological polar surface area (TPSA) is 65.4 Å². The summed E-state index contributed by atoms with van der Waals surface area (Å²) in [7, 11) is 1.35. The van der Waals surface area contributed by atoms with Gasteiger partial charge in [0.05, 0.1) is 24.2 Å². The lowest BCUT2D eigenvalue weighted by molar-refractivity contribution is -0.274. The number of esters is 1. The average Bonchev–Trinajstić information content (AvgIpc) is 3.19. The number of methoxy groups -OCH3 is 1. The molecule has 0 radical (unpaired) electrons. The molecule has 10 heteroatoms. The van der Waals surface area contributed by atoms with Crippen LogP contribution in [0.1, 0.15) is 30.5 Å². The number of alkyl halides is 3. The van der Waals surface area contributed by atoms with E-state index in [1.807, 2.05) is 47.9 Å². The summed E-state index contributed by atoms with van der Waals surface area (Å²) in [5, 5.41) is 3.80. The number of carbonyl (C=O) groups is 1. The summed E-state index contributed by atoms with van der Waals surface area (Å²) in [6.45, 7) is 2.00. The van der Waals surface area contributed by atoms with E-state index < -0.39 is 6.36 Å². The maximum absolute atomic E-state index is 12.5. The van der Waals surface area contributed by atoms with Crippen molar-refractivity contribution >= 4 is 40.2 Å². The Morgan fingerprint density at radius 2 is 1.86 bits per heavy atom. The molecule has 0 aliphatic heterocycles. The highest BCUT2D eigenvalue weighted by Gasteiger charge is 2.31. The van der Waals surface area contributed by atoms with E-state index in [2.05, 4.69) is 10.1 Å². The van der Waals surface area contributed by atoms with Crippen LogP contribution in [0.2, 0.25) is 5.02 Å². The number of aromatic nitrogens is 2. The van der Waals surface area contributed by atoms with Crippen LogP contribution < -0.4 is 10.1 Å². The molecule has 36 heavy (non-hydrogen) atoms. The Balaban J connectivity index is 1.71. The van der Waals surface area contributed by atoms with Gasteiger partial charge < -0.3 is 19.4 Å². The zero-order valence-electron chi connectivity index (χ0n) is 19.5. The number of halogens is 4. The fraction of sp³-hybridized carbons (Fsp3) is 0.231. The molecule has 0 aliphatic rings. The van der Waals surface area contributed by atoms with Crippen molar-refractivity contribution in [2.24, 2.45) is 0 Å². The second-order valence-electron chi connectivity index (χ2n) is 8.13. The van der Waals surface area contributed by atoms with E-state index in [0.717, 1.165) is 16.6 Å². The van der Waals surface area contributed by atoms with Crippen LogP contribution in [0, 0.1) is 0 Å². The Morgan fingerprint density at radius 1 is 1.11 bits per heavy atom. The van der Waals surface area contributed by atoms with Crippen molar-refractivity contribution in [2.45, 2.75) is 32.2 Å². The SMILES string of the molecule is COC(=O)CCc1ccc2c(c1)nc(Nc1ccc(OC(F)(F)F)cc1)n2C(C)c1cccc(Cl)c1. The first-order chi connectivity index (χ1) is 17.1. The number of hydrogen-bond acceptors (Lipinski definition) is 5. The highest BCUT2D eigenvalue weighted by atomic mass is 35.5. The number of ether oxygens (including phenoxy) is 2. The summed E-state index contributed by atoms with van der Waals surface area (Å²) < 4.78 is 48.2. The van der Waals surface area contributed by atoms with E-state index >= 15 is 0 Å². The van der Waals surface area contributed by atoms with Gasteiger partial charge in [-0.1, -0.05) is 29.8 Å². The van der Waals surface area contributed by atoms with E-state index in [9.17, 15) is 18.0 Å². The Bertz CT molecular complexity index is 1370. The van der Waals surface area contributed by atoms with Crippen LogP contribution in [-0.4, -0.2) is 29.0 Å². The molecule has 1 N–H and O–H groups in total. The minimum absolute atomic E-state index is 0.176. The molecule has 6 nitrogen and oxygen atoms in total. The summed E-state index contributed by atoms with van der Waals surface area (Å²) in [6.07, 6.45) is -4.01. The molecule has 0 amide bonds. The van der Waals surface area contributed by atoms with Gasteiger partial charge in [-0.3, -0.25) is 4.79 Å². The lowest BCUT2D eigenvalue weighted by atomic mass is 10.1. The van der Waals surface area contributed by atoms with E-state index in [-0.39, 0.29) is 24.2 Å². The fourth-order valence-electron chi connectivity index (χ4n) is 3.91. The van der Waals surface area contributed by atoms with Crippen LogP contribution in [-0.2, 0) is 16.0 Å². The van der Waals surface area contributed by atoms with Gasteiger partial charge in [-0.15, -0.1) is 13.2 Å². The van der Waals surface area contributed by atoms with Gasteiger partial charge in [0.25, 0.3) is 0 Å². The molecule has 1 atom stereocenters. The predicted molar refractivity (Wildman–Crippen MR) is 132 cm³/mol. The lowest BCUT2D eigenvalue weighted by Crippen LogP contribution is -2.17. The van der Waals surface area contributed by atoms with Crippen LogP contribution in [0.3, 0.4) is 0 Å². The molecule has 1 aromatic heterocycles. The van der Waals surface area contributed by atoms with Crippen LogP contribution in [0.5, 0.6) is 5.75 Å². The first-order valence-electron chi connectivity index (χ1n) is 11.1. The van der Waals surface area contributed by atoms with Gasteiger partial charge in [0.2, 0.25) is 5.95 Å². The van der Waals surface area contributed by atoms with Crippen LogP contribution >= 0.6 is 11.6 Å². The Morgan fingerprint density at radius 3 is 2.53 bits per heavy atom. The van der Waals surface area contributed by atoms with Crippen molar-refractivity contribution in [3.8, 4) is 5.75 Å². The molecule has 0 aliphatic carbocycles. The van der Waals surface area contributed by atoms with Gasteiger partial charge in [-0.2, -0.15) is 0 Å². The van der Waals surface area contributed by atoms with E-state index in [0.29, 0.717) is 28.6 Å². The molecule has 0 fully saturated rings. The zero-order chi connectivity index (χ0) is 25.9. The Labute approximate surface area is 210 Å². The molecule has 1 heterocycles. The normalized spacial score (nSPS) is 12.4. The summed E-state index contributed by atoms with van der Waals surface area (Å²) in [5.41, 5.74) is 3.95. The fourth-order valence-corrected chi connectivity index (χ4v) is 4.11. The van der Waals surface area contributed by atoms with Crippen molar-refractivity contribution in [1.29, 1.82) is 0 Å². The quantitative estimate of drug-likeness (QED) is 0.254. The predicted octanol–water partition coefficient (Wildman–Crippen LogP) is 7.05. The number of benzene rings is 3. The number of nitrogens with zero attached hydrogens (tertiary/aromatic N) is 2. The molecule has 188 valence electrons. The number of nitrogens with one attached hydrogen (secondary N) is 1. The number of fused-ring (bicyclic) bond motifs is 1.